The minimum absolute atomic E-state index is 0.00804. The number of carbonyl (C=O) groups excluding carboxylic acids is 2. The number of halogens is 4. The molecule has 0 radical (unpaired) electrons. The molecule has 1 aliphatic rings. The molecule has 0 aliphatic heterocycles. The van der Waals surface area contributed by atoms with Crippen LogP contribution < -0.4 is 14.2 Å². The third kappa shape index (κ3) is 9.05. The Balaban J connectivity index is 1.69. The summed E-state index contributed by atoms with van der Waals surface area (Å²) in [4.78, 5) is 25.5. The summed E-state index contributed by atoms with van der Waals surface area (Å²) in [5.41, 5.74) is 1.85. The second-order valence-corrected chi connectivity index (χ2v) is 11.0. The summed E-state index contributed by atoms with van der Waals surface area (Å²) in [5, 5.41) is 0.477. The van der Waals surface area contributed by atoms with Gasteiger partial charge in [0.1, 0.15) is 24.0 Å². The number of rotatable bonds is 15. The van der Waals surface area contributed by atoms with Gasteiger partial charge in [-0.05, 0) is 66.6 Å². The van der Waals surface area contributed by atoms with Crippen molar-refractivity contribution in [3.05, 3.63) is 111 Å². The van der Waals surface area contributed by atoms with Gasteiger partial charge in [-0.3, -0.25) is 4.79 Å². The lowest BCUT2D eigenvalue weighted by atomic mass is 10.00. The number of benzene rings is 3. The van der Waals surface area contributed by atoms with Crippen molar-refractivity contribution >= 4 is 35.5 Å². The average molecular weight is 631 g/mol. The Labute approximate surface area is 258 Å². The summed E-state index contributed by atoms with van der Waals surface area (Å²) >= 11 is 12.5. The fraction of sp³-hybridized carbons (Fsp3) is 0.273. The van der Waals surface area contributed by atoms with Crippen LogP contribution in [-0.4, -0.2) is 25.5 Å². The van der Waals surface area contributed by atoms with Crippen molar-refractivity contribution in [1.82, 2.24) is 0 Å². The Morgan fingerprint density at radius 3 is 2.40 bits per heavy atom. The zero-order valence-corrected chi connectivity index (χ0v) is 24.9. The highest BCUT2D eigenvalue weighted by Crippen LogP contribution is 2.39. The average Bonchev–Trinajstić information content (AvgIpc) is 3.82. The number of hydrogen-bond donors (Lipinski definition) is 0. The van der Waals surface area contributed by atoms with Crippen molar-refractivity contribution in [2.45, 2.75) is 45.5 Å². The zero-order chi connectivity index (χ0) is 30.9. The Morgan fingerprint density at radius 1 is 1.02 bits per heavy atom. The maximum Gasteiger partial charge on any atom is 0.387 e. The maximum absolute atomic E-state index is 13.7. The van der Waals surface area contributed by atoms with Crippen LogP contribution in [0, 0.1) is 5.92 Å². The molecule has 6 nitrogen and oxygen atoms in total. The van der Waals surface area contributed by atoms with Crippen molar-refractivity contribution < 1.29 is 37.3 Å². The molecule has 43 heavy (non-hydrogen) atoms. The van der Waals surface area contributed by atoms with Crippen molar-refractivity contribution in [1.29, 1.82) is 0 Å². The SMILES string of the molecule is C=C(Cl)/C(C[C@H](OC(=O)c1cccc(C=O)c1OCc1ccccc1)c1ccc(OC(F)F)c(OCC2CC2)c1)=C(\C)Cl. The van der Waals surface area contributed by atoms with Gasteiger partial charge in [-0.15, -0.1) is 0 Å². The van der Waals surface area contributed by atoms with Gasteiger partial charge in [0, 0.05) is 16.5 Å². The number of ether oxygens (including phenoxy) is 4. The van der Waals surface area contributed by atoms with E-state index >= 15 is 0 Å². The molecule has 1 fully saturated rings. The van der Waals surface area contributed by atoms with E-state index < -0.39 is 18.7 Å². The Kier molecular flexibility index (Phi) is 11.2. The molecule has 0 spiro atoms. The topological polar surface area (TPSA) is 71.1 Å². The highest BCUT2D eigenvalue weighted by Gasteiger charge is 2.27. The lowest BCUT2D eigenvalue weighted by molar-refractivity contribution is -0.0515. The van der Waals surface area contributed by atoms with Crippen molar-refractivity contribution in [3.63, 3.8) is 0 Å². The molecule has 10 heteroatoms. The van der Waals surface area contributed by atoms with E-state index in [9.17, 15) is 18.4 Å². The molecule has 0 amide bonds. The molecule has 226 valence electrons. The van der Waals surface area contributed by atoms with Gasteiger partial charge in [0.15, 0.2) is 17.8 Å². The second-order valence-electron chi connectivity index (χ2n) is 9.97. The summed E-state index contributed by atoms with van der Waals surface area (Å²) in [6.45, 7) is 2.76. The molecule has 1 aliphatic carbocycles. The number of alkyl halides is 2. The first-order valence-corrected chi connectivity index (χ1v) is 14.3. The molecule has 0 N–H and O–H groups in total. The zero-order valence-electron chi connectivity index (χ0n) is 23.4. The Bertz CT molecular complexity index is 1480. The minimum atomic E-state index is -3.06. The molecule has 1 saturated carbocycles. The summed E-state index contributed by atoms with van der Waals surface area (Å²) in [6.07, 6.45) is 1.56. The highest BCUT2D eigenvalue weighted by molar-refractivity contribution is 6.35. The molecule has 0 unspecified atom stereocenters. The Hall–Kier alpha value is -3.88. The van der Waals surface area contributed by atoms with E-state index in [1.165, 1.54) is 30.3 Å². The predicted octanol–water partition coefficient (Wildman–Crippen LogP) is 9.02. The summed E-state index contributed by atoms with van der Waals surface area (Å²) in [6, 6.07) is 18.1. The molecule has 0 aromatic heterocycles. The number of carbonyl (C=O) groups is 2. The maximum atomic E-state index is 13.7. The molecule has 3 aromatic rings. The summed E-state index contributed by atoms with van der Waals surface area (Å²) < 4.78 is 48.7. The van der Waals surface area contributed by atoms with Crippen LogP contribution in [0.1, 0.15) is 64.1 Å². The van der Waals surface area contributed by atoms with Gasteiger partial charge in [0.25, 0.3) is 0 Å². The van der Waals surface area contributed by atoms with Gasteiger partial charge >= 0.3 is 12.6 Å². The first kappa shape index (κ1) is 32.0. The van der Waals surface area contributed by atoms with E-state index in [0.29, 0.717) is 35.0 Å². The standard InChI is InChI=1S/C33H30Cl2F2O6/c1-20(34)27(21(2)35)16-29(24-13-14-28(43-33(36)37)30(15-24)40-18-23-11-12-23)42-32(39)26-10-6-9-25(17-38)31(26)41-19-22-7-4-3-5-8-22/h3-10,13-15,17,23,29,33H,1,11-12,16,18-19H2,2H3/b27-21+/t29-/m0/s1. The first-order valence-electron chi connectivity index (χ1n) is 13.5. The second kappa shape index (κ2) is 15.0. The van der Waals surface area contributed by atoms with Gasteiger partial charge in [-0.1, -0.05) is 72.2 Å². The number of para-hydroxylation sites is 1. The first-order chi connectivity index (χ1) is 20.7. The van der Waals surface area contributed by atoms with Crippen LogP contribution >= 0.6 is 23.2 Å². The van der Waals surface area contributed by atoms with E-state index in [1.807, 2.05) is 30.3 Å². The fourth-order valence-electron chi connectivity index (χ4n) is 4.27. The fourth-order valence-corrected chi connectivity index (χ4v) is 4.72. The van der Waals surface area contributed by atoms with E-state index in [4.69, 9.17) is 37.4 Å². The van der Waals surface area contributed by atoms with Gasteiger partial charge in [0.2, 0.25) is 0 Å². The van der Waals surface area contributed by atoms with Crippen LogP contribution in [0.15, 0.2) is 88.9 Å². The molecule has 1 atom stereocenters. The number of hydrogen-bond acceptors (Lipinski definition) is 6. The summed E-state index contributed by atoms with van der Waals surface area (Å²) in [7, 11) is 0. The molecule has 3 aromatic carbocycles. The van der Waals surface area contributed by atoms with Crippen LogP contribution in [0.3, 0.4) is 0 Å². The van der Waals surface area contributed by atoms with Gasteiger partial charge < -0.3 is 18.9 Å². The Morgan fingerprint density at radius 2 is 1.77 bits per heavy atom. The smallest absolute Gasteiger partial charge is 0.387 e. The van der Waals surface area contributed by atoms with Gasteiger partial charge in [0.05, 0.1) is 12.2 Å². The van der Waals surface area contributed by atoms with Crippen LogP contribution in [0.2, 0.25) is 0 Å². The number of esters is 1. The quantitative estimate of drug-likeness (QED) is 0.0947. The van der Waals surface area contributed by atoms with E-state index in [0.717, 1.165) is 18.4 Å². The normalized spacial score (nSPS) is 14.0. The molecule has 0 bridgehead atoms. The van der Waals surface area contributed by atoms with Crippen molar-refractivity contribution in [3.8, 4) is 17.2 Å². The van der Waals surface area contributed by atoms with Crippen molar-refractivity contribution in [2.24, 2.45) is 5.92 Å². The van der Waals surface area contributed by atoms with Crippen molar-refractivity contribution in [2.75, 3.05) is 6.61 Å². The molecule has 0 heterocycles. The van der Waals surface area contributed by atoms with Crippen LogP contribution in [0.4, 0.5) is 8.78 Å². The van der Waals surface area contributed by atoms with Crippen LogP contribution in [0.25, 0.3) is 0 Å². The van der Waals surface area contributed by atoms with E-state index in [2.05, 4.69) is 11.3 Å². The molecular formula is C33H30Cl2F2O6. The molecule has 4 rings (SSSR count). The highest BCUT2D eigenvalue weighted by atomic mass is 35.5. The van der Waals surface area contributed by atoms with Crippen LogP contribution in [-0.2, 0) is 11.3 Å². The largest absolute Gasteiger partial charge is 0.489 e. The lowest BCUT2D eigenvalue weighted by Gasteiger charge is -2.23. The van der Waals surface area contributed by atoms with E-state index in [-0.39, 0.29) is 46.4 Å². The van der Waals surface area contributed by atoms with Crippen LogP contribution in [0.5, 0.6) is 17.2 Å². The third-order valence-electron chi connectivity index (χ3n) is 6.73. The number of allylic oxidation sites excluding steroid dienone is 2. The molecule has 0 saturated heterocycles. The van der Waals surface area contributed by atoms with E-state index in [1.54, 1.807) is 13.0 Å². The third-order valence-corrected chi connectivity index (χ3v) is 7.18. The minimum Gasteiger partial charge on any atom is -0.489 e. The van der Waals surface area contributed by atoms with Gasteiger partial charge in [-0.25, -0.2) is 4.79 Å². The van der Waals surface area contributed by atoms with Gasteiger partial charge in [-0.2, -0.15) is 8.78 Å². The summed E-state index contributed by atoms with van der Waals surface area (Å²) in [5.74, 6) is -0.463. The predicted molar refractivity (Wildman–Crippen MR) is 160 cm³/mol. The lowest BCUT2D eigenvalue weighted by Crippen LogP contribution is -2.15. The molecular weight excluding hydrogens is 601 g/mol. The monoisotopic (exact) mass is 630 g/mol. The number of aldehydes is 1.